The maximum atomic E-state index is 4.99. The van der Waals surface area contributed by atoms with Crippen LogP contribution < -0.4 is 0 Å². The van der Waals surface area contributed by atoms with Crippen molar-refractivity contribution < 1.29 is 0 Å². The van der Waals surface area contributed by atoms with E-state index in [1.807, 2.05) is 0 Å². The van der Waals surface area contributed by atoms with Crippen LogP contribution in [0.25, 0.3) is 0 Å². The third-order valence-electron chi connectivity index (χ3n) is 6.97. The molecule has 0 rings (SSSR count). The van der Waals surface area contributed by atoms with Gasteiger partial charge < -0.3 is 25.3 Å². The molecule has 0 heterocycles. The zero-order valence-corrected chi connectivity index (χ0v) is 29.9. The van der Waals surface area contributed by atoms with Crippen molar-refractivity contribution >= 4 is 46.4 Å². The second-order valence-corrected chi connectivity index (χ2v) is 15.4. The molecular weight excluding hydrogens is 567 g/mol. The molecule has 0 radical (unpaired) electrons. The van der Waals surface area contributed by atoms with E-state index in [1.165, 1.54) is 116 Å². The molecule has 212 valence electrons. The zero-order chi connectivity index (χ0) is 26.8. The summed E-state index contributed by atoms with van der Waals surface area (Å²) in [6.07, 6.45) is 28.4. The van der Waals surface area contributed by atoms with E-state index in [0.29, 0.717) is 0 Å². The molecule has 0 amide bonds. The van der Waals surface area contributed by atoms with E-state index >= 15 is 0 Å². The van der Waals surface area contributed by atoms with E-state index in [2.05, 4.69) is 41.5 Å². The van der Waals surface area contributed by atoms with Gasteiger partial charge in [-0.05, 0) is 0 Å². The first-order valence-corrected chi connectivity index (χ1v) is 21.2. The first-order valence-electron chi connectivity index (χ1n) is 16.0. The number of hydrogen-bond donors (Lipinski definition) is 0. The normalized spacial score (nSPS) is 12.1. The fourth-order valence-electron chi connectivity index (χ4n) is 3.98. The SMILES string of the molecule is CCCCC(CC)C[S-].CCCCC(CC)C[S-].CCCCCCC[CH2][Sn+2][CH2]CCCCCCC. The number of unbranched alkanes of at least 4 members (excludes halogenated alkanes) is 12. The summed E-state index contributed by atoms with van der Waals surface area (Å²) in [5.74, 6) is 3.55. The van der Waals surface area contributed by atoms with Gasteiger partial charge in [0.2, 0.25) is 0 Å². The molecule has 0 aliphatic heterocycles. The van der Waals surface area contributed by atoms with Crippen molar-refractivity contribution in [3.63, 3.8) is 0 Å². The fourth-order valence-corrected chi connectivity index (χ4v) is 8.35. The van der Waals surface area contributed by atoms with Gasteiger partial charge in [0.15, 0.2) is 0 Å². The summed E-state index contributed by atoms with van der Waals surface area (Å²) in [5.41, 5.74) is 0. The van der Waals surface area contributed by atoms with Crippen molar-refractivity contribution in [2.45, 2.75) is 179 Å². The van der Waals surface area contributed by atoms with E-state index in [0.717, 1.165) is 23.3 Å². The van der Waals surface area contributed by atoms with Crippen LogP contribution in [0.2, 0.25) is 8.87 Å². The van der Waals surface area contributed by atoms with Crippen LogP contribution in [0.4, 0.5) is 0 Å². The predicted octanol–water partition coefficient (Wildman–Crippen LogP) is 11.7. The Morgan fingerprint density at radius 2 is 0.743 bits per heavy atom. The Morgan fingerprint density at radius 3 is 1.03 bits per heavy atom. The second kappa shape index (κ2) is 40.0. The molecule has 0 aromatic rings. The molecule has 0 N–H and O–H groups in total. The molecule has 0 fully saturated rings. The van der Waals surface area contributed by atoms with E-state index < -0.39 is 0 Å². The van der Waals surface area contributed by atoms with Crippen LogP contribution in [-0.2, 0) is 25.3 Å². The molecule has 0 nitrogen and oxygen atoms in total. The van der Waals surface area contributed by atoms with Crippen LogP contribution >= 0.6 is 0 Å². The van der Waals surface area contributed by atoms with Crippen LogP contribution in [0.15, 0.2) is 0 Å². The van der Waals surface area contributed by atoms with Crippen molar-refractivity contribution in [3.8, 4) is 0 Å². The third kappa shape index (κ3) is 40.1. The molecular formula is C32H68S2Sn. The molecule has 0 aromatic carbocycles. The average Bonchev–Trinajstić information content (AvgIpc) is 2.89. The van der Waals surface area contributed by atoms with Crippen molar-refractivity contribution in [2.75, 3.05) is 11.5 Å². The quantitative estimate of drug-likeness (QED) is 0.0588. The molecule has 3 heteroatoms. The van der Waals surface area contributed by atoms with Gasteiger partial charge in [0.1, 0.15) is 0 Å². The Kier molecular flexibility index (Phi) is 46.8. The summed E-state index contributed by atoms with van der Waals surface area (Å²) in [4.78, 5) is 0. The summed E-state index contributed by atoms with van der Waals surface area (Å²) < 4.78 is 3.31. The molecule has 2 unspecified atom stereocenters. The zero-order valence-electron chi connectivity index (χ0n) is 25.4. The van der Waals surface area contributed by atoms with Crippen molar-refractivity contribution in [3.05, 3.63) is 0 Å². The Hall–Kier alpha value is 1.50. The van der Waals surface area contributed by atoms with Gasteiger partial charge in [-0.15, -0.1) is 0 Å². The van der Waals surface area contributed by atoms with Gasteiger partial charge in [-0.1, -0.05) is 90.9 Å². The number of hydrogen-bond acceptors (Lipinski definition) is 2. The Balaban J connectivity index is -0.000000481. The first kappa shape index (κ1) is 41.0. The van der Waals surface area contributed by atoms with Gasteiger partial charge in [0, 0.05) is 0 Å². The molecule has 35 heavy (non-hydrogen) atoms. The summed E-state index contributed by atoms with van der Waals surface area (Å²) in [6.45, 7) is 13.5. The minimum absolute atomic E-state index is 0.0736. The molecule has 0 saturated carbocycles. The standard InChI is InChI=1S/2C8H18S.2C8H17.Sn/c2*1-3-5-6-8(4-2)7-9;2*1-3-5-7-8-6-4-2;/h2*8-9H,3-7H2,1-2H3;2*1,3-8H2,2H3;/q;;;;+2/p-2. The number of rotatable bonds is 24. The molecule has 0 aliphatic carbocycles. The van der Waals surface area contributed by atoms with Crippen LogP contribution in [0.5, 0.6) is 0 Å². The maximum absolute atomic E-state index is 4.99. The minimum atomic E-state index is 0.0736. The molecule has 0 spiro atoms. The molecule has 0 saturated heterocycles. The van der Waals surface area contributed by atoms with Gasteiger partial charge in [-0.25, -0.2) is 0 Å². The van der Waals surface area contributed by atoms with E-state index in [4.69, 9.17) is 25.3 Å². The van der Waals surface area contributed by atoms with Crippen molar-refractivity contribution in [2.24, 2.45) is 11.8 Å². The Labute approximate surface area is 247 Å². The van der Waals surface area contributed by atoms with Crippen molar-refractivity contribution in [1.29, 1.82) is 0 Å². The van der Waals surface area contributed by atoms with Gasteiger partial charge in [0.25, 0.3) is 0 Å². The van der Waals surface area contributed by atoms with Crippen LogP contribution in [0, 0.1) is 11.8 Å². The predicted molar refractivity (Wildman–Crippen MR) is 173 cm³/mol. The summed E-state index contributed by atoms with van der Waals surface area (Å²) in [7, 11) is 0. The van der Waals surface area contributed by atoms with E-state index in [1.54, 1.807) is 21.7 Å². The molecule has 0 bridgehead atoms. The van der Waals surface area contributed by atoms with Gasteiger partial charge in [-0.2, -0.15) is 11.5 Å². The van der Waals surface area contributed by atoms with Gasteiger partial charge in [-0.3, -0.25) is 0 Å². The summed E-state index contributed by atoms with van der Waals surface area (Å²) >= 11 is 10.0. The van der Waals surface area contributed by atoms with Crippen LogP contribution in [-0.4, -0.2) is 32.6 Å². The topological polar surface area (TPSA) is 0 Å². The van der Waals surface area contributed by atoms with Gasteiger partial charge in [0.05, 0.1) is 0 Å². The van der Waals surface area contributed by atoms with Crippen LogP contribution in [0.3, 0.4) is 0 Å². The molecule has 0 aliphatic rings. The van der Waals surface area contributed by atoms with Gasteiger partial charge >= 0.3 is 121 Å². The Bertz CT molecular complexity index is 287. The third-order valence-corrected chi connectivity index (χ3v) is 12.0. The summed E-state index contributed by atoms with van der Waals surface area (Å²) in [6, 6.07) is 0. The summed E-state index contributed by atoms with van der Waals surface area (Å²) in [5, 5.41) is 0. The fraction of sp³-hybridized carbons (Fsp3) is 1.00. The monoisotopic (exact) mass is 636 g/mol. The second-order valence-electron chi connectivity index (χ2n) is 10.5. The average molecular weight is 636 g/mol. The van der Waals surface area contributed by atoms with E-state index in [-0.39, 0.29) is 21.1 Å². The van der Waals surface area contributed by atoms with Crippen LogP contribution in [0.1, 0.15) is 170 Å². The molecule has 2 atom stereocenters. The Morgan fingerprint density at radius 1 is 0.429 bits per heavy atom. The van der Waals surface area contributed by atoms with Crippen molar-refractivity contribution in [1.82, 2.24) is 0 Å². The molecule has 0 aromatic heterocycles. The van der Waals surface area contributed by atoms with E-state index in [9.17, 15) is 0 Å². The first-order chi connectivity index (χ1) is 17.1.